The fourth-order valence-corrected chi connectivity index (χ4v) is 2.85. The van der Waals surface area contributed by atoms with Crippen LogP contribution in [0.5, 0.6) is 0 Å². The largest absolute Gasteiger partial charge is 0.332 e. The molecule has 1 amide bonds. The predicted molar refractivity (Wildman–Crippen MR) is 107 cm³/mol. The topological polar surface area (TPSA) is 66.1 Å². The minimum atomic E-state index is -0.195. The Morgan fingerprint density at radius 3 is 2.65 bits per heavy atom. The van der Waals surface area contributed by atoms with Gasteiger partial charge >= 0.3 is 0 Å². The van der Waals surface area contributed by atoms with Crippen LogP contribution in [0.15, 0.2) is 63.9 Å². The number of rotatable bonds is 5. The van der Waals surface area contributed by atoms with Gasteiger partial charge in [-0.3, -0.25) is 9.59 Å². The Morgan fingerprint density at radius 1 is 1.19 bits per heavy atom. The normalized spacial score (nSPS) is 11.2. The summed E-state index contributed by atoms with van der Waals surface area (Å²) in [6.07, 6.45) is 3.31. The van der Waals surface area contributed by atoms with Crippen molar-refractivity contribution >= 4 is 38.8 Å². The molecule has 0 saturated carbocycles. The molecular formula is C20H18BrN3O2. The highest BCUT2D eigenvalue weighted by Crippen LogP contribution is 2.12. The molecule has 0 fully saturated rings. The first-order chi connectivity index (χ1) is 12.6. The minimum absolute atomic E-state index is 0.133. The fourth-order valence-electron chi connectivity index (χ4n) is 2.58. The summed E-state index contributed by atoms with van der Waals surface area (Å²) in [6, 6.07) is 14.8. The highest BCUT2D eigenvalue weighted by Gasteiger charge is 2.12. The number of hydrogen-bond donors (Lipinski definition) is 1. The molecule has 1 aromatic heterocycles. The summed E-state index contributed by atoms with van der Waals surface area (Å²) in [5.41, 5.74) is 1.37. The number of likely N-dealkylation sites (N-methyl/N-ethyl adjacent to an activating group) is 1. The van der Waals surface area contributed by atoms with Crippen molar-refractivity contribution < 1.29 is 4.79 Å². The monoisotopic (exact) mass is 411 g/mol. The number of halogens is 1. The number of para-hydroxylation sites is 1. The van der Waals surface area contributed by atoms with Gasteiger partial charge in [-0.15, -0.1) is 0 Å². The molecule has 3 rings (SSSR count). The van der Waals surface area contributed by atoms with E-state index in [-0.39, 0.29) is 18.0 Å². The molecule has 0 spiro atoms. The van der Waals surface area contributed by atoms with Gasteiger partial charge in [-0.1, -0.05) is 40.2 Å². The van der Waals surface area contributed by atoms with Crippen LogP contribution in [0.2, 0.25) is 0 Å². The summed E-state index contributed by atoms with van der Waals surface area (Å²) in [4.78, 5) is 33.5. The molecule has 6 heteroatoms. The van der Waals surface area contributed by atoms with E-state index in [2.05, 4.69) is 25.9 Å². The number of benzene rings is 2. The second-order valence-corrected chi connectivity index (χ2v) is 6.68. The van der Waals surface area contributed by atoms with E-state index >= 15 is 0 Å². The standard InChI is InChI=1S/C20H18BrN3O2/c1-2-24(19(25)12-9-14-7-10-15(21)11-8-14)13-18-22-17-6-4-3-5-16(17)20(26)23-18/h3-12H,2,13H2,1H3,(H,22,23,26)/b12-9+. The molecular weight excluding hydrogens is 394 g/mol. The van der Waals surface area contributed by atoms with Crippen LogP contribution < -0.4 is 5.56 Å². The quantitative estimate of drug-likeness (QED) is 0.650. The zero-order valence-electron chi connectivity index (χ0n) is 14.3. The summed E-state index contributed by atoms with van der Waals surface area (Å²) in [5.74, 6) is 0.340. The van der Waals surface area contributed by atoms with Crippen molar-refractivity contribution in [3.8, 4) is 0 Å². The average molecular weight is 412 g/mol. The lowest BCUT2D eigenvalue weighted by molar-refractivity contribution is -0.126. The minimum Gasteiger partial charge on any atom is -0.332 e. The van der Waals surface area contributed by atoms with Gasteiger partial charge in [-0.05, 0) is 42.8 Å². The molecule has 0 aliphatic heterocycles. The number of carbonyl (C=O) groups is 1. The van der Waals surface area contributed by atoms with Crippen molar-refractivity contribution in [2.45, 2.75) is 13.5 Å². The van der Waals surface area contributed by atoms with Gasteiger partial charge in [0, 0.05) is 17.1 Å². The third kappa shape index (κ3) is 4.26. The highest BCUT2D eigenvalue weighted by atomic mass is 79.9. The maximum absolute atomic E-state index is 12.5. The molecule has 0 aliphatic rings. The average Bonchev–Trinajstić information content (AvgIpc) is 2.65. The van der Waals surface area contributed by atoms with Crippen molar-refractivity contribution in [2.75, 3.05) is 6.54 Å². The summed E-state index contributed by atoms with van der Waals surface area (Å²) in [6.45, 7) is 2.66. The molecule has 0 radical (unpaired) electrons. The predicted octanol–water partition coefficient (Wildman–Crippen LogP) is 3.75. The molecule has 5 nitrogen and oxygen atoms in total. The van der Waals surface area contributed by atoms with E-state index in [1.54, 1.807) is 29.2 Å². The maximum Gasteiger partial charge on any atom is 0.258 e. The van der Waals surface area contributed by atoms with E-state index in [1.165, 1.54) is 6.08 Å². The number of fused-ring (bicyclic) bond motifs is 1. The summed E-state index contributed by atoms with van der Waals surface area (Å²) >= 11 is 3.38. The second kappa shape index (κ2) is 8.10. The van der Waals surface area contributed by atoms with Crippen molar-refractivity contribution in [3.05, 3.63) is 80.8 Å². The second-order valence-electron chi connectivity index (χ2n) is 5.77. The molecule has 3 aromatic rings. The molecule has 0 bridgehead atoms. The first kappa shape index (κ1) is 18.1. The molecule has 1 heterocycles. The molecule has 0 saturated heterocycles. The van der Waals surface area contributed by atoms with Gasteiger partial charge in [0.15, 0.2) is 0 Å². The van der Waals surface area contributed by atoms with Crippen molar-refractivity contribution in [3.63, 3.8) is 0 Å². The van der Waals surface area contributed by atoms with Crippen LogP contribution in [0, 0.1) is 0 Å². The zero-order valence-corrected chi connectivity index (χ0v) is 15.9. The summed E-state index contributed by atoms with van der Waals surface area (Å²) in [5, 5.41) is 0.542. The van der Waals surface area contributed by atoms with E-state index in [9.17, 15) is 9.59 Å². The SMILES string of the molecule is CCN(Cc1nc2ccccc2c(=O)[nH]1)C(=O)/C=C/c1ccc(Br)cc1. The van der Waals surface area contributed by atoms with Gasteiger partial charge in [-0.25, -0.2) is 4.98 Å². The van der Waals surface area contributed by atoms with Crippen LogP contribution in [0.1, 0.15) is 18.3 Å². The first-order valence-corrected chi connectivity index (χ1v) is 9.06. The Labute approximate surface area is 159 Å². The van der Waals surface area contributed by atoms with E-state index in [0.717, 1.165) is 10.0 Å². The van der Waals surface area contributed by atoms with E-state index in [0.29, 0.717) is 23.3 Å². The van der Waals surface area contributed by atoms with Crippen molar-refractivity contribution in [2.24, 2.45) is 0 Å². The number of nitrogens with one attached hydrogen (secondary N) is 1. The number of amides is 1. The lowest BCUT2D eigenvalue weighted by Gasteiger charge is -2.18. The summed E-state index contributed by atoms with van der Waals surface area (Å²) < 4.78 is 0.988. The van der Waals surface area contributed by atoms with Crippen LogP contribution in [0.3, 0.4) is 0 Å². The number of carbonyl (C=O) groups excluding carboxylic acids is 1. The maximum atomic E-state index is 12.5. The zero-order chi connectivity index (χ0) is 18.5. The molecule has 0 aliphatic carbocycles. The third-order valence-corrected chi connectivity index (χ3v) is 4.51. The summed E-state index contributed by atoms with van der Waals surface area (Å²) in [7, 11) is 0. The van der Waals surface area contributed by atoms with Gasteiger partial charge < -0.3 is 9.88 Å². The Kier molecular flexibility index (Phi) is 5.63. The smallest absolute Gasteiger partial charge is 0.258 e. The van der Waals surface area contributed by atoms with Crippen LogP contribution in [0.4, 0.5) is 0 Å². The highest BCUT2D eigenvalue weighted by molar-refractivity contribution is 9.10. The van der Waals surface area contributed by atoms with Crippen LogP contribution in [-0.4, -0.2) is 27.3 Å². The third-order valence-electron chi connectivity index (χ3n) is 3.98. The van der Waals surface area contributed by atoms with Crippen LogP contribution in [0.25, 0.3) is 17.0 Å². The van der Waals surface area contributed by atoms with Gasteiger partial charge in [0.1, 0.15) is 5.82 Å². The Morgan fingerprint density at radius 2 is 1.92 bits per heavy atom. The van der Waals surface area contributed by atoms with E-state index in [1.807, 2.05) is 37.3 Å². The number of H-pyrrole nitrogens is 1. The van der Waals surface area contributed by atoms with E-state index < -0.39 is 0 Å². The molecule has 132 valence electrons. The first-order valence-electron chi connectivity index (χ1n) is 8.27. The van der Waals surface area contributed by atoms with Gasteiger partial charge in [0.05, 0.1) is 17.4 Å². The Balaban J connectivity index is 1.77. The van der Waals surface area contributed by atoms with Gasteiger partial charge in [0.2, 0.25) is 5.91 Å². The molecule has 2 aromatic carbocycles. The lowest BCUT2D eigenvalue weighted by Crippen LogP contribution is -2.30. The molecule has 26 heavy (non-hydrogen) atoms. The molecule has 1 N–H and O–H groups in total. The Bertz CT molecular complexity index is 1010. The van der Waals surface area contributed by atoms with Gasteiger partial charge in [0.25, 0.3) is 5.56 Å². The van der Waals surface area contributed by atoms with Crippen LogP contribution >= 0.6 is 15.9 Å². The number of aromatic nitrogens is 2. The van der Waals surface area contributed by atoms with E-state index in [4.69, 9.17) is 0 Å². The molecule has 0 unspecified atom stereocenters. The number of hydrogen-bond acceptors (Lipinski definition) is 3. The Hall–Kier alpha value is -2.73. The fraction of sp³-hybridized carbons (Fsp3) is 0.150. The molecule has 0 atom stereocenters. The van der Waals surface area contributed by atoms with Crippen molar-refractivity contribution in [1.29, 1.82) is 0 Å². The number of aromatic amines is 1. The van der Waals surface area contributed by atoms with Crippen LogP contribution in [-0.2, 0) is 11.3 Å². The lowest BCUT2D eigenvalue weighted by atomic mass is 10.2. The van der Waals surface area contributed by atoms with Crippen molar-refractivity contribution in [1.82, 2.24) is 14.9 Å². The number of nitrogens with zero attached hydrogens (tertiary/aromatic N) is 2. The van der Waals surface area contributed by atoms with Gasteiger partial charge in [-0.2, -0.15) is 0 Å².